The van der Waals surface area contributed by atoms with Crippen molar-refractivity contribution in [1.29, 1.82) is 0 Å². The first-order valence-electron chi connectivity index (χ1n) is 6.27. The van der Waals surface area contributed by atoms with Gasteiger partial charge in [-0.1, -0.05) is 76.4 Å². The maximum Gasteiger partial charge on any atom is 0.0430 e. The number of benzene rings is 1. The average molecular weight is 236 g/mol. The molecule has 0 radical (unpaired) electrons. The third kappa shape index (κ3) is 39.9. The van der Waals surface area contributed by atoms with Crippen molar-refractivity contribution >= 4 is 0 Å². The number of terminal acetylenes is 1. The fraction of sp³-hybridized carbons (Fsp3) is 0.500. The summed E-state index contributed by atoms with van der Waals surface area (Å²) in [6.45, 7) is 6.76. The van der Waals surface area contributed by atoms with Crippen molar-refractivity contribution in [2.75, 3.05) is 6.61 Å². The van der Waals surface area contributed by atoms with Crippen LogP contribution in [0.15, 0.2) is 36.4 Å². The van der Waals surface area contributed by atoms with Gasteiger partial charge in [0.05, 0.1) is 0 Å². The summed E-state index contributed by atoms with van der Waals surface area (Å²) < 4.78 is 0. The summed E-state index contributed by atoms with van der Waals surface area (Å²) >= 11 is 0. The van der Waals surface area contributed by atoms with Crippen molar-refractivity contribution in [3.8, 4) is 12.8 Å². The van der Waals surface area contributed by atoms with Gasteiger partial charge >= 0.3 is 0 Å². The normalized spacial score (nSPS) is 7.18. The van der Waals surface area contributed by atoms with Gasteiger partial charge in [-0.3, -0.25) is 0 Å². The molecule has 1 aromatic carbocycles. The highest BCUT2D eigenvalue weighted by molar-refractivity contribution is 4.99. The first kappa shape index (κ1) is 21.1. The van der Waals surface area contributed by atoms with Crippen LogP contribution in [-0.4, -0.2) is 11.7 Å². The van der Waals surface area contributed by atoms with Crippen LogP contribution in [0.4, 0.5) is 0 Å². The van der Waals surface area contributed by atoms with Crippen LogP contribution in [0.5, 0.6) is 0 Å². The lowest BCUT2D eigenvalue weighted by Crippen LogP contribution is -1.75. The quantitative estimate of drug-likeness (QED) is 0.765. The molecule has 0 saturated heterocycles. The highest BCUT2D eigenvalue weighted by Gasteiger charge is 1.69. The summed E-state index contributed by atoms with van der Waals surface area (Å²) in [7, 11) is 0. The molecule has 1 aromatic rings. The number of aliphatic hydroxyl groups excluding tert-OH is 1. The van der Waals surface area contributed by atoms with Crippen LogP contribution in [0, 0.1) is 12.8 Å². The molecule has 1 N–H and O–H groups in total. The Hall–Kier alpha value is -1.26. The van der Waals surface area contributed by atoms with Gasteiger partial charge in [-0.25, -0.2) is 0 Å². The summed E-state index contributed by atoms with van der Waals surface area (Å²) in [5.74, 6) is 0. The van der Waals surface area contributed by atoms with Crippen LogP contribution in [0.2, 0.25) is 0 Å². The van der Waals surface area contributed by atoms with Crippen molar-refractivity contribution < 1.29 is 5.11 Å². The second-order valence-electron chi connectivity index (χ2n) is 3.23. The number of rotatable bonds is 3. The molecule has 0 aliphatic heterocycles. The lowest BCUT2D eigenvalue weighted by Gasteiger charge is -1.79. The monoisotopic (exact) mass is 236 g/mol. The summed E-state index contributed by atoms with van der Waals surface area (Å²) in [5.41, 5.74) is 0. The summed E-state index contributed by atoms with van der Waals surface area (Å²) in [6, 6.07) is 12.0. The lowest BCUT2D eigenvalue weighted by molar-refractivity contribution is 0.287. The predicted molar refractivity (Wildman–Crippen MR) is 78.9 cm³/mol. The second-order valence-corrected chi connectivity index (χ2v) is 3.23. The topological polar surface area (TPSA) is 20.2 Å². The molecule has 0 aliphatic rings. The van der Waals surface area contributed by atoms with Crippen LogP contribution in [0.25, 0.3) is 0 Å². The van der Waals surface area contributed by atoms with Crippen LogP contribution in [0.3, 0.4) is 0 Å². The average Bonchev–Trinajstić information content (AvgIpc) is 2.45. The van der Waals surface area contributed by atoms with E-state index in [1.54, 1.807) is 0 Å². The summed E-state index contributed by atoms with van der Waals surface area (Å²) in [6.07, 6.45) is 12.7. The number of unbranched alkanes of at least 4 members (excludes halogenated alkanes) is 2. The first-order valence-corrected chi connectivity index (χ1v) is 6.27. The summed E-state index contributed by atoms with van der Waals surface area (Å²) in [5, 5.41) is 8.07. The molecule has 0 fully saturated rings. The Morgan fingerprint density at radius 2 is 1.00 bits per heavy atom. The third-order valence-electron chi connectivity index (χ3n) is 1.68. The zero-order valence-electron chi connectivity index (χ0n) is 11.6. The van der Waals surface area contributed by atoms with Gasteiger partial charge in [0, 0.05) is 6.61 Å². The van der Waals surface area contributed by atoms with Crippen LogP contribution in [0.1, 0.15) is 46.5 Å². The highest BCUT2D eigenvalue weighted by atomic mass is 16.2. The highest BCUT2D eigenvalue weighted by Crippen LogP contribution is 1.80. The molecule has 0 unspecified atom stereocenters. The summed E-state index contributed by atoms with van der Waals surface area (Å²) in [4.78, 5) is 0. The van der Waals surface area contributed by atoms with Crippen molar-refractivity contribution in [2.24, 2.45) is 0 Å². The molecular weight excluding hydrogens is 208 g/mol. The van der Waals surface area contributed by atoms with E-state index in [0.717, 1.165) is 12.8 Å². The predicted octanol–water partition coefficient (Wildman–Crippen LogP) is 4.52. The van der Waals surface area contributed by atoms with Gasteiger partial charge in [0.2, 0.25) is 0 Å². The molecule has 0 heterocycles. The molecule has 0 aromatic heterocycles. The Morgan fingerprint density at radius 3 is 1.06 bits per heavy atom. The maximum atomic E-state index is 8.07. The molecule has 0 aliphatic carbocycles. The van der Waals surface area contributed by atoms with E-state index in [1.807, 2.05) is 36.4 Å². The van der Waals surface area contributed by atoms with E-state index >= 15 is 0 Å². The molecule has 0 saturated carbocycles. The van der Waals surface area contributed by atoms with Crippen LogP contribution in [-0.2, 0) is 0 Å². The van der Waals surface area contributed by atoms with E-state index in [9.17, 15) is 0 Å². The fourth-order valence-electron chi connectivity index (χ4n) is 0.543. The van der Waals surface area contributed by atoms with Crippen molar-refractivity contribution in [3.05, 3.63) is 36.4 Å². The maximum absolute atomic E-state index is 8.07. The van der Waals surface area contributed by atoms with Gasteiger partial charge in [-0.05, 0) is 6.42 Å². The van der Waals surface area contributed by atoms with Gasteiger partial charge in [-0.15, -0.1) is 12.8 Å². The SMILES string of the molecule is C#C.CCCC.CCCCO.c1ccccc1. The standard InChI is InChI=1S/C6H6.C4H10O.C4H10.C2H2/c1-2-4-6-5-3-1;1-2-3-4-5;1-3-4-2;1-2/h1-6H;5H,2-4H2,1H3;3-4H2,1-2H3;1-2H. The molecule has 0 spiro atoms. The smallest absolute Gasteiger partial charge is 0.0430 e. The van der Waals surface area contributed by atoms with Crippen molar-refractivity contribution in [2.45, 2.75) is 46.5 Å². The minimum Gasteiger partial charge on any atom is -0.396 e. The molecule has 98 valence electrons. The van der Waals surface area contributed by atoms with Gasteiger partial charge in [-0.2, -0.15) is 0 Å². The largest absolute Gasteiger partial charge is 0.396 e. The Balaban J connectivity index is -0.000000165. The zero-order valence-corrected chi connectivity index (χ0v) is 11.6. The van der Waals surface area contributed by atoms with Gasteiger partial charge < -0.3 is 5.11 Å². The fourth-order valence-corrected chi connectivity index (χ4v) is 0.543. The lowest BCUT2D eigenvalue weighted by atomic mass is 10.4. The molecule has 0 bridgehead atoms. The molecule has 1 rings (SSSR count). The molecule has 1 heteroatoms. The van der Waals surface area contributed by atoms with Gasteiger partial charge in [0.25, 0.3) is 0 Å². The first-order chi connectivity index (χ1) is 8.33. The third-order valence-corrected chi connectivity index (χ3v) is 1.68. The Bertz CT molecular complexity index is 160. The van der Waals surface area contributed by atoms with E-state index in [-0.39, 0.29) is 0 Å². The second kappa shape index (κ2) is 29.3. The minimum absolute atomic E-state index is 0.344. The number of hydrogen-bond donors (Lipinski definition) is 1. The van der Waals surface area contributed by atoms with Crippen molar-refractivity contribution in [3.63, 3.8) is 0 Å². The number of aliphatic hydroxyl groups is 1. The Morgan fingerprint density at radius 1 is 0.706 bits per heavy atom. The van der Waals surface area contributed by atoms with E-state index in [2.05, 4.69) is 33.6 Å². The molecule has 17 heavy (non-hydrogen) atoms. The van der Waals surface area contributed by atoms with Gasteiger partial charge in [0.15, 0.2) is 0 Å². The van der Waals surface area contributed by atoms with Gasteiger partial charge in [0.1, 0.15) is 0 Å². The molecular formula is C16H28O. The van der Waals surface area contributed by atoms with Crippen molar-refractivity contribution in [1.82, 2.24) is 0 Å². The minimum atomic E-state index is 0.344. The van der Waals surface area contributed by atoms with Crippen LogP contribution >= 0.6 is 0 Å². The van der Waals surface area contributed by atoms with E-state index in [1.165, 1.54) is 12.8 Å². The van der Waals surface area contributed by atoms with Crippen LogP contribution < -0.4 is 0 Å². The zero-order chi connectivity index (χ0) is 13.8. The van der Waals surface area contributed by atoms with E-state index in [4.69, 9.17) is 5.11 Å². The van der Waals surface area contributed by atoms with E-state index in [0.29, 0.717) is 6.61 Å². The Kier molecular flexibility index (Phi) is 36.4. The van der Waals surface area contributed by atoms with E-state index < -0.39 is 0 Å². The Labute approximate surface area is 108 Å². The molecule has 0 atom stereocenters. The number of hydrogen-bond acceptors (Lipinski definition) is 1. The molecule has 1 nitrogen and oxygen atoms in total. The molecule has 0 amide bonds.